The Bertz CT molecular complexity index is 593. The summed E-state index contributed by atoms with van der Waals surface area (Å²) in [6, 6.07) is 1.54. The molecule has 0 radical (unpaired) electrons. The number of aliphatic hydroxyl groups is 1. The van der Waals surface area contributed by atoms with Gasteiger partial charge in [-0.2, -0.15) is 4.98 Å². The van der Waals surface area contributed by atoms with Gasteiger partial charge < -0.3 is 25.8 Å². The molecule has 2 atom stereocenters. The first-order chi connectivity index (χ1) is 10.8. The number of carboxylic acids is 2. The standard InChI is InChI=1S/C8H11N3O3S.C4H6O4/c9-5-1-2-11(8(13)10-5)6-4-15-7(3-12)14-6;5-3(6)1-2-4(7)8/h1-2,6-7,12H,3-4H2,(H2,9,10,13);1-2H2,(H,5,6)(H,7,8)/t6-,7+;/m0./s1. The fourth-order valence-corrected chi connectivity index (χ4v) is 2.47. The van der Waals surface area contributed by atoms with Gasteiger partial charge in [0.15, 0.2) is 0 Å². The molecular weight excluding hydrogens is 330 g/mol. The van der Waals surface area contributed by atoms with Gasteiger partial charge in [0.2, 0.25) is 0 Å². The van der Waals surface area contributed by atoms with Gasteiger partial charge in [-0.25, -0.2) is 4.79 Å². The van der Waals surface area contributed by atoms with E-state index >= 15 is 0 Å². The molecule has 5 N–H and O–H groups in total. The fourth-order valence-electron chi connectivity index (χ4n) is 1.54. The second-order valence-electron chi connectivity index (χ2n) is 4.37. The van der Waals surface area contributed by atoms with Crippen LogP contribution in [-0.2, 0) is 14.3 Å². The molecule has 1 fully saturated rings. The van der Waals surface area contributed by atoms with Crippen LogP contribution >= 0.6 is 11.8 Å². The van der Waals surface area contributed by atoms with Crippen molar-refractivity contribution in [1.29, 1.82) is 0 Å². The van der Waals surface area contributed by atoms with Crippen molar-refractivity contribution in [2.24, 2.45) is 0 Å². The van der Waals surface area contributed by atoms with E-state index in [-0.39, 0.29) is 36.9 Å². The molecule has 0 saturated carbocycles. The molecule has 0 aromatic carbocycles. The summed E-state index contributed by atoms with van der Waals surface area (Å²) in [6.45, 7) is -0.0572. The van der Waals surface area contributed by atoms with Gasteiger partial charge in [0, 0.05) is 11.9 Å². The average Bonchev–Trinajstić information content (AvgIpc) is 2.94. The van der Waals surface area contributed by atoms with E-state index in [0.29, 0.717) is 5.75 Å². The monoisotopic (exact) mass is 347 g/mol. The molecule has 0 unspecified atom stereocenters. The van der Waals surface area contributed by atoms with E-state index in [1.807, 2.05) is 0 Å². The van der Waals surface area contributed by atoms with Crippen LogP contribution in [0.15, 0.2) is 17.1 Å². The summed E-state index contributed by atoms with van der Waals surface area (Å²) in [4.78, 5) is 34.3. The van der Waals surface area contributed by atoms with Gasteiger partial charge in [-0.15, -0.1) is 11.8 Å². The molecule has 1 aliphatic rings. The summed E-state index contributed by atoms with van der Waals surface area (Å²) in [5, 5.41) is 24.7. The number of aliphatic carboxylic acids is 2. The van der Waals surface area contributed by atoms with E-state index in [1.165, 1.54) is 16.3 Å². The third-order valence-corrected chi connectivity index (χ3v) is 3.71. The third kappa shape index (κ3) is 6.67. The highest BCUT2D eigenvalue weighted by Gasteiger charge is 2.27. The molecule has 0 amide bonds. The quantitative estimate of drug-likeness (QED) is 0.537. The van der Waals surface area contributed by atoms with E-state index in [4.69, 9.17) is 25.8 Å². The molecule has 1 aliphatic heterocycles. The Morgan fingerprint density at radius 2 is 2.00 bits per heavy atom. The molecule has 11 heteroatoms. The van der Waals surface area contributed by atoms with Gasteiger partial charge in [0.1, 0.15) is 17.5 Å². The van der Waals surface area contributed by atoms with Crippen LogP contribution < -0.4 is 11.4 Å². The minimum atomic E-state index is -1.08. The number of carboxylic acid groups (broad SMARTS) is 2. The van der Waals surface area contributed by atoms with E-state index in [0.717, 1.165) is 0 Å². The van der Waals surface area contributed by atoms with Gasteiger partial charge in [-0.3, -0.25) is 14.2 Å². The topological polar surface area (TPSA) is 165 Å². The van der Waals surface area contributed by atoms with E-state index in [1.54, 1.807) is 12.3 Å². The lowest BCUT2D eigenvalue weighted by molar-refractivity contribution is -0.143. The predicted molar refractivity (Wildman–Crippen MR) is 80.9 cm³/mol. The van der Waals surface area contributed by atoms with Crippen molar-refractivity contribution in [3.05, 3.63) is 22.7 Å². The number of hydrogen-bond donors (Lipinski definition) is 4. The van der Waals surface area contributed by atoms with Gasteiger partial charge in [-0.05, 0) is 6.07 Å². The van der Waals surface area contributed by atoms with Crippen LogP contribution in [-0.4, -0.2) is 54.6 Å². The largest absolute Gasteiger partial charge is 0.481 e. The summed E-state index contributed by atoms with van der Waals surface area (Å²) >= 11 is 1.47. The Morgan fingerprint density at radius 3 is 2.43 bits per heavy atom. The number of aromatic nitrogens is 2. The van der Waals surface area contributed by atoms with Crippen molar-refractivity contribution in [3.63, 3.8) is 0 Å². The van der Waals surface area contributed by atoms with Crippen LogP contribution in [0.1, 0.15) is 19.1 Å². The second kappa shape index (κ2) is 9.12. The van der Waals surface area contributed by atoms with Crippen LogP contribution in [0.4, 0.5) is 5.82 Å². The molecule has 0 spiro atoms. The number of ether oxygens (including phenoxy) is 1. The first-order valence-electron chi connectivity index (χ1n) is 6.49. The molecule has 2 heterocycles. The van der Waals surface area contributed by atoms with Crippen LogP contribution in [0, 0.1) is 0 Å². The van der Waals surface area contributed by atoms with Crippen molar-refractivity contribution >= 4 is 29.5 Å². The van der Waals surface area contributed by atoms with Crippen LogP contribution in [0.25, 0.3) is 0 Å². The second-order valence-corrected chi connectivity index (χ2v) is 5.56. The highest BCUT2D eigenvalue weighted by atomic mass is 32.2. The van der Waals surface area contributed by atoms with Gasteiger partial charge in [-0.1, -0.05) is 0 Å². The van der Waals surface area contributed by atoms with Crippen LogP contribution in [0.5, 0.6) is 0 Å². The summed E-state index contributed by atoms with van der Waals surface area (Å²) < 4.78 is 6.79. The van der Waals surface area contributed by atoms with Gasteiger partial charge in [0.05, 0.1) is 19.4 Å². The number of nitrogens with two attached hydrogens (primary N) is 1. The molecular formula is C12H17N3O7S. The van der Waals surface area contributed by atoms with E-state index in [9.17, 15) is 14.4 Å². The van der Waals surface area contributed by atoms with E-state index in [2.05, 4.69) is 4.98 Å². The zero-order chi connectivity index (χ0) is 17.4. The number of anilines is 1. The number of carbonyl (C=O) groups is 2. The first kappa shape index (κ1) is 18.9. The number of aliphatic hydroxyl groups excluding tert-OH is 1. The maximum absolute atomic E-state index is 11.4. The smallest absolute Gasteiger partial charge is 0.351 e. The van der Waals surface area contributed by atoms with Crippen molar-refractivity contribution < 1.29 is 29.6 Å². The fraction of sp³-hybridized carbons (Fsp3) is 0.500. The lowest BCUT2D eigenvalue weighted by atomic mass is 10.3. The van der Waals surface area contributed by atoms with Crippen molar-refractivity contribution in [1.82, 2.24) is 9.55 Å². The summed E-state index contributed by atoms with van der Waals surface area (Å²) in [5.74, 6) is -1.34. The molecule has 10 nitrogen and oxygen atoms in total. The number of hydrogen-bond acceptors (Lipinski definition) is 8. The van der Waals surface area contributed by atoms with Crippen LogP contribution in [0.2, 0.25) is 0 Å². The Hall–Kier alpha value is -2.11. The van der Waals surface area contributed by atoms with Crippen molar-refractivity contribution in [2.75, 3.05) is 18.1 Å². The van der Waals surface area contributed by atoms with E-state index < -0.39 is 17.6 Å². The predicted octanol–water partition coefficient (Wildman–Crippen LogP) is -0.658. The highest BCUT2D eigenvalue weighted by Crippen LogP contribution is 2.30. The number of rotatable bonds is 5. The number of nitrogen functional groups attached to an aromatic ring is 1. The van der Waals surface area contributed by atoms with Crippen LogP contribution in [0.3, 0.4) is 0 Å². The van der Waals surface area contributed by atoms with Gasteiger partial charge >= 0.3 is 17.6 Å². The summed E-state index contributed by atoms with van der Waals surface area (Å²) in [7, 11) is 0. The summed E-state index contributed by atoms with van der Waals surface area (Å²) in [5.41, 5.74) is 4.67. The highest BCUT2D eigenvalue weighted by molar-refractivity contribution is 8.00. The maximum atomic E-state index is 11.4. The number of nitrogens with zero attached hydrogens (tertiary/aromatic N) is 2. The van der Waals surface area contributed by atoms with Crippen molar-refractivity contribution in [2.45, 2.75) is 24.5 Å². The Labute approximate surface area is 134 Å². The zero-order valence-corrected chi connectivity index (χ0v) is 12.8. The lowest BCUT2D eigenvalue weighted by Gasteiger charge is -2.13. The molecule has 23 heavy (non-hydrogen) atoms. The Kier molecular flexibility index (Phi) is 7.51. The number of thioether (sulfide) groups is 1. The first-order valence-corrected chi connectivity index (χ1v) is 7.54. The molecule has 128 valence electrons. The third-order valence-electron chi connectivity index (χ3n) is 2.60. The average molecular weight is 347 g/mol. The minimum Gasteiger partial charge on any atom is -0.481 e. The lowest BCUT2D eigenvalue weighted by Crippen LogP contribution is -2.28. The Balaban J connectivity index is 0.000000284. The molecule has 1 saturated heterocycles. The molecule has 0 aliphatic carbocycles. The normalized spacial score (nSPS) is 19.7. The molecule has 1 aromatic heterocycles. The maximum Gasteiger partial charge on any atom is 0.351 e. The minimum absolute atomic E-state index is 0.0572. The Morgan fingerprint density at radius 1 is 1.39 bits per heavy atom. The van der Waals surface area contributed by atoms with Gasteiger partial charge in [0.25, 0.3) is 0 Å². The SMILES string of the molecule is Nc1ccn([C@@H]2CS[C@H](CO)O2)c(=O)n1.O=C(O)CCC(=O)O. The molecule has 2 rings (SSSR count). The summed E-state index contributed by atoms with van der Waals surface area (Å²) in [6.07, 6.45) is 0.591. The zero-order valence-electron chi connectivity index (χ0n) is 12.0. The molecule has 0 bridgehead atoms. The molecule has 1 aromatic rings. The van der Waals surface area contributed by atoms with Crippen molar-refractivity contribution in [3.8, 4) is 0 Å².